The van der Waals surface area contributed by atoms with Crippen LogP contribution in [0.1, 0.15) is 18.1 Å². The molecule has 4 heteroatoms. The van der Waals surface area contributed by atoms with Crippen LogP contribution in [0.5, 0.6) is 5.75 Å². The van der Waals surface area contributed by atoms with Crippen molar-refractivity contribution in [1.29, 1.82) is 0 Å². The average Bonchev–Trinajstić information content (AvgIpc) is 2.52. The summed E-state index contributed by atoms with van der Waals surface area (Å²) in [4.78, 5) is 11.1. The minimum atomic E-state index is -0.379. The van der Waals surface area contributed by atoms with Crippen LogP contribution in [-0.2, 0) is 5.54 Å². The minimum absolute atomic E-state index is 0.150. The van der Waals surface area contributed by atoms with Crippen LogP contribution in [0.2, 0.25) is 0 Å². The molecule has 1 unspecified atom stereocenters. The molecule has 3 N–H and O–H groups in total. The fourth-order valence-corrected chi connectivity index (χ4v) is 1.77. The molecule has 80 valence electrons. The molecule has 1 aliphatic heterocycles. The first-order chi connectivity index (χ1) is 7.01. The van der Waals surface area contributed by atoms with E-state index in [1.54, 1.807) is 6.07 Å². The number of hydrogen-bond donors (Lipinski definition) is 3. The molecule has 1 fully saturated rings. The fourth-order valence-electron chi connectivity index (χ4n) is 1.77. The predicted octanol–water partition coefficient (Wildman–Crippen LogP) is 1.23. The lowest BCUT2D eigenvalue weighted by molar-refractivity contribution is 0.245. The molecule has 1 saturated heterocycles. The van der Waals surface area contributed by atoms with Crippen molar-refractivity contribution in [3.05, 3.63) is 29.3 Å². The number of aryl methyl sites for hydroxylation is 1. The van der Waals surface area contributed by atoms with Crippen LogP contribution in [0.25, 0.3) is 0 Å². The molecule has 2 rings (SSSR count). The number of amides is 2. The highest BCUT2D eigenvalue weighted by molar-refractivity contribution is 5.78. The van der Waals surface area contributed by atoms with Gasteiger partial charge in [-0.25, -0.2) is 4.79 Å². The zero-order chi connectivity index (χ0) is 11.1. The van der Waals surface area contributed by atoms with E-state index in [1.165, 1.54) is 0 Å². The monoisotopic (exact) mass is 206 g/mol. The van der Waals surface area contributed by atoms with Gasteiger partial charge in [0.15, 0.2) is 0 Å². The van der Waals surface area contributed by atoms with E-state index in [0.29, 0.717) is 6.54 Å². The number of aromatic hydroxyl groups is 1. The number of phenols is 1. The Bertz CT molecular complexity index is 417. The maximum absolute atomic E-state index is 11.1. The fraction of sp³-hybridized carbons (Fsp3) is 0.364. The van der Waals surface area contributed by atoms with Crippen LogP contribution in [-0.4, -0.2) is 17.7 Å². The molecule has 4 nitrogen and oxygen atoms in total. The van der Waals surface area contributed by atoms with Gasteiger partial charge in [0.25, 0.3) is 0 Å². The molecule has 1 heterocycles. The SMILES string of the molecule is Cc1cc(C2(C)CNC(=O)N2)ccc1O. The Kier molecular flexibility index (Phi) is 2.07. The van der Waals surface area contributed by atoms with Crippen molar-refractivity contribution in [3.63, 3.8) is 0 Å². The van der Waals surface area contributed by atoms with Crippen molar-refractivity contribution in [1.82, 2.24) is 10.6 Å². The van der Waals surface area contributed by atoms with Crippen molar-refractivity contribution >= 4 is 6.03 Å². The summed E-state index contributed by atoms with van der Waals surface area (Å²) in [5.74, 6) is 0.277. The Morgan fingerprint density at radius 3 is 2.73 bits per heavy atom. The van der Waals surface area contributed by atoms with Gasteiger partial charge in [0.1, 0.15) is 5.75 Å². The molecule has 2 amide bonds. The Morgan fingerprint density at radius 2 is 2.20 bits per heavy atom. The molecule has 1 aliphatic rings. The third kappa shape index (κ3) is 1.63. The van der Waals surface area contributed by atoms with E-state index >= 15 is 0 Å². The van der Waals surface area contributed by atoms with Crippen molar-refractivity contribution in [3.8, 4) is 5.75 Å². The maximum Gasteiger partial charge on any atom is 0.315 e. The van der Waals surface area contributed by atoms with Gasteiger partial charge in [0.05, 0.1) is 5.54 Å². The normalized spacial score (nSPS) is 24.8. The third-order valence-corrected chi connectivity index (χ3v) is 2.83. The van der Waals surface area contributed by atoms with Crippen LogP contribution < -0.4 is 10.6 Å². The molecule has 1 atom stereocenters. The number of benzene rings is 1. The predicted molar refractivity (Wildman–Crippen MR) is 56.7 cm³/mol. The Hall–Kier alpha value is -1.71. The van der Waals surface area contributed by atoms with Gasteiger partial charge in [0.2, 0.25) is 0 Å². The second-order valence-corrected chi connectivity index (χ2v) is 4.14. The largest absolute Gasteiger partial charge is 0.508 e. The Labute approximate surface area is 88.3 Å². The quantitative estimate of drug-likeness (QED) is 0.647. The number of urea groups is 1. The molecular formula is C11H14N2O2. The van der Waals surface area contributed by atoms with Gasteiger partial charge in [-0.15, -0.1) is 0 Å². The van der Waals surface area contributed by atoms with Crippen LogP contribution in [0.4, 0.5) is 4.79 Å². The van der Waals surface area contributed by atoms with Gasteiger partial charge in [0, 0.05) is 6.54 Å². The number of carbonyl (C=O) groups is 1. The second kappa shape index (κ2) is 3.15. The summed E-state index contributed by atoms with van der Waals surface area (Å²) in [7, 11) is 0. The summed E-state index contributed by atoms with van der Waals surface area (Å²) in [6.07, 6.45) is 0. The highest BCUT2D eigenvalue weighted by atomic mass is 16.3. The number of rotatable bonds is 1. The minimum Gasteiger partial charge on any atom is -0.508 e. The van der Waals surface area contributed by atoms with Crippen molar-refractivity contribution in [2.75, 3.05) is 6.54 Å². The van der Waals surface area contributed by atoms with Crippen LogP contribution >= 0.6 is 0 Å². The molecular weight excluding hydrogens is 192 g/mol. The first-order valence-electron chi connectivity index (χ1n) is 4.87. The van der Waals surface area contributed by atoms with E-state index in [-0.39, 0.29) is 17.3 Å². The standard InChI is InChI=1S/C11H14N2O2/c1-7-5-8(3-4-9(7)14)11(2)6-12-10(15)13-11/h3-5,14H,6H2,1-2H3,(H2,12,13,15). The zero-order valence-corrected chi connectivity index (χ0v) is 8.79. The van der Waals surface area contributed by atoms with Gasteiger partial charge in [-0.05, 0) is 31.0 Å². The van der Waals surface area contributed by atoms with E-state index < -0.39 is 0 Å². The topological polar surface area (TPSA) is 61.4 Å². The molecule has 1 aromatic rings. The van der Waals surface area contributed by atoms with Gasteiger partial charge < -0.3 is 15.7 Å². The molecule has 1 aromatic carbocycles. The summed E-state index contributed by atoms with van der Waals surface area (Å²) < 4.78 is 0. The first kappa shape index (κ1) is 9.83. The van der Waals surface area contributed by atoms with Crippen LogP contribution in [0, 0.1) is 6.92 Å². The lowest BCUT2D eigenvalue weighted by Gasteiger charge is -2.23. The Balaban J connectivity index is 2.37. The molecule has 0 spiro atoms. The Morgan fingerprint density at radius 1 is 1.47 bits per heavy atom. The van der Waals surface area contributed by atoms with Crippen molar-refractivity contribution in [2.45, 2.75) is 19.4 Å². The van der Waals surface area contributed by atoms with E-state index in [0.717, 1.165) is 11.1 Å². The number of carbonyl (C=O) groups excluding carboxylic acids is 1. The average molecular weight is 206 g/mol. The molecule has 0 bridgehead atoms. The van der Waals surface area contributed by atoms with Crippen LogP contribution in [0.3, 0.4) is 0 Å². The second-order valence-electron chi connectivity index (χ2n) is 4.14. The summed E-state index contributed by atoms with van der Waals surface area (Å²) in [5, 5.41) is 15.0. The lowest BCUT2D eigenvalue weighted by atomic mass is 9.92. The molecule has 15 heavy (non-hydrogen) atoms. The van der Waals surface area contributed by atoms with Crippen molar-refractivity contribution < 1.29 is 9.90 Å². The molecule has 0 aromatic heterocycles. The number of hydrogen-bond acceptors (Lipinski definition) is 2. The number of nitrogens with one attached hydrogen (secondary N) is 2. The highest BCUT2D eigenvalue weighted by Gasteiger charge is 2.34. The highest BCUT2D eigenvalue weighted by Crippen LogP contribution is 2.27. The van der Waals surface area contributed by atoms with E-state index in [4.69, 9.17) is 0 Å². The van der Waals surface area contributed by atoms with Gasteiger partial charge >= 0.3 is 6.03 Å². The third-order valence-electron chi connectivity index (χ3n) is 2.83. The van der Waals surface area contributed by atoms with Gasteiger partial charge in [-0.1, -0.05) is 12.1 Å². The number of phenolic OH excluding ortho intramolecular Hbond substituents is 1. The molecule has 0 aliphatic carbocycles. The van der Waals surface area contributed by atoms with E-state index in [1.807, 2.05) is 26.0 Å². The van der Waals surface area contributed by atoms with Crippen LogP contribution in [0.15, 0.2) is 18.2 Å². The summed E-state index contributed by atoms with van der Waals surface area (Å²) in [6.45, 7) is 4.36. The first-order valence-corrected chi connectivity index (χ1v) is 4.87. The van der Waals surface area contributed by atoms with Crippen molar-refractivity contribution in [2.24, 2.45) is 0 Å². The van der Waals surface area contributed by atoms with E-state index in [9.17, 15) is 9.90 Å². The summed E-state index contributed by atoms with van der Waals surface area (Å²) in [6, 6.07) is 5.22. The van der Waals surface area contributed by atoms with E-state index in [2.05, 4.69) is 10.6 Å². The zero-order valence-electron chi connectivity index (χ0n) is 8.79. The molecule has 0 saturated carbocycles. The van der Waals surface area contributed by atoms with Gasteiger partial charge in [-0.3, -0.25) is 0 Å². The maximum atomic E-state index is 11.1. The smallest absolute Gasteiger partial charge is 0.315 e. The summed E-state index contributed by atoms with van der Waals surface area (Å²) in [5.41, 5.74) is 1.43. The summed E-state index contributed by atoms with van der Waals surface area (Å²) >= 11 is 0. The van der Waals surface area contributed by atoms with Gasteiger partial charge in [-0.2, -0.15) is 0 Å². The molecule has 0 radical (unpaired) electrons. The lowest BCUT2D eigenvalue weighted by Crippen LogP contribution is -2.37.